The van der Waals surface area contributed by atoms with Gasteiger partial charge in [-0.15, -0.1) is 12.4 Å². The zero-order chi connectivity index (χ0) is 9.38. The van der Waals surface area contributed by atoms with Crippen LogP contribution >= 0.6 is 12.4 Å². The van der Waals surface area contributed by atoms with Gasteiger partial charge < -0.3 is 14.8 Å². The number of fused-ring (bicyclic) bond motifs is 3. The third-order valence-electron chi connectivity index (χ3n) is 2.82. The quantitative estimate of drug-likeness (QED) is 0.729. The first kappa shape index (κ1) is 10.7. The Morgan fingerprint density at radius 1 is 1.27 bits per heavy atom. The fraction of sp³-hybridized carbons (Fsp3) is 0.455. The van der Waals surface area contributed by atoms with Crippen molar-refractivity contribution in [3.8, 4) is 5.75 Å². The fourth-order valence-electron chi connectivity index (χ4n) is 2.13. The van der Waals surface area contributed by atoms with E-state index in [9.17, 15) is 0 Å². The molecule has 4 heteroatoms. The number of benzene rings is 1. The van der Waals surface area contributed by atoms with Crippen molar-refractivity contribution in [1.29, 1.82) is 0 Å². The lowest BCUT2D eigenvalue weighted by Gasteiger charge is -2.37. The van der Waals surface area contributed by atoms with Gasteiger partial charge in [-0.1, -0.05) is 18.2 Å². The molecule has 0 radical (unpaired) electrons. The second-order valence-electron chi connectivity index (χ2n) is 3.70. The summed E-state index contributed by atoms with van der Waals surface area (Å²) in [4.78, 5) is 0. The summed E-state index contributed by atoms with van der Waals surface area (Å²) in [7, 11) is 0. The highest BCUT2D eigenvalue weighted by Gasteiger charge is 2.33. The van der Waals surface area contributed by atoms with Crippen molar-refractivity contribution in [2.75, 3.05) is 19.8 Å². The molecule has 1 aromatic rings. The average Bonchev–Trinajstić information content (AvgIpc) is 2.29. The zero-order valence-electron chi connectivity index (χ0n) is 8.31. The highest BCUT2D eigenvalue weighted by molar-refractivity contribution is 5.85. The van der Waals surface area contributed by atoms with E-state index >= 15 is 0 Å². The lowest BCUT2D eigenvalue weighted by molar-refractivity contribution is -0.0307. The van der Waals surface area contributed by atoms with Gasteiger partial charge in [-0.25, -0.2) is 0 Å². The molecule has 1 fully saturated rings. The minimum absolute atomic E-state index is 0. The summed E-state index contributed by atoms with van der Waals surface area (Å²) in [6, 6.07) is 8.43. The van der Waals surface area contributed by atoms with Crippen molar-refractivity contribution in [3.05, 3.63) is 29.8 Å². The Balaban J connectivity index is 0.000000853. The standard InChI is InChI=1S/C11H13NO2.ClH/c1-2-4-10-8(3-1)11-9(7-14-10)12-5-6-13-11;/h1-4,9,11-12H,5-7H2;1H/t9-,11+;/m0./s1. The molecule has 0 unspecified atom stereocenters. The van der Waals surface area contributed by atoms with Gasteiger partial charge in [0.1, 0.15) is 18.5 Å². The summed E-state index contributed by atoms with van der Waals surface area (Å²) in [5.41, 5.74) is 1.18. The predicted octanol–water partition coefficient (Wildman–Crippen LogP) is 1.53. The maximum atomic E-state index is 5.77. The minimum Gasteiger partial charge on any atom is -0.491 e. The molecule has 2 atom stereocenters. The molecule has 0 saturated carbocycles. The molecular formula is C11H14ClNO2. The van der Waals surface area contributed by atoms with E-state index in [1.54, 1.807) is 0 Å². The second kappa shape index (κ2) is 4.39. The summed E-state index contributed by atoms with van der Waals surface area (Å²) in [6.45, 7) is 2.42. The molecule has 2 aliphatic heterocycles. The van der Waals surface area contributed by atoms with Gasteiger partial charge in [-0.2, -0.15) is 0 Å². The lowest BCUT2D eigenvalue weighted by atomic mass is 9.98. The Bertz CT molecular complexity index is 345. The van der Waals surface area contributed by atoms with Crippen LogP contribution in [0, 0.1) is 0 Å². The molecule has 0 amide bonds. The molecular weight excluding hydrogens is 214 g/mol. The van der Waals surface area contributed by atoms with Gasteiger partial charge in [0.2, 0.25) is 0 Å². The normalized spacial score (nSPS) is 28.0. The van der Waals surface area contributed by atoms with E-state index in [1.807, 2.05) is 18.2 Å². The average molecular weight is 228 g/mol. The van der Waals surface area contributed by atoms with Crippen LogP contribution in [0.1, 0.15) is 11.7 Å². The SMILES string of the molecule is Cl.c1ccc2c(c1)OC[C@@H]1NCCO[C@H]21. The van der Waals surface area contributed by atoms with E-state index in [0.717, 1.165) is 18.9 Å². The number of hydrogen-bond acceptors (Lipinski definition) is 3. The lowest BCUT2D eigenvalue weighted by Crippen LogP contribution is -2.48. The van der Waals surface area contributed by atoms with Crippen LogP contribution in [0.2, 0.25) is 0 Å². The van der Waals surface area contributed by atoms with Gasteiger partial charge in [0.15, 0.2) is 0 Å². The summed E-state index contributed by atoms with van der Waals surface area (Å²) in [5, 5.41) is 3.41. The highest BCUT2D eigenvalue weighted by Crippen LogP contribution is 2.35. The molecule has 0 aromatic heterocycles. The van der Waals surface area contributed by atoms with Crippen LogP contribution in [0.5, 0.6) is 5.75 Å². The van der Waals surface area contributed by atoms with E-state index in [4.69, 9.17) is 9.47 Å². The van der Waals surface area contributed by atoms with E-state index < -0.39 is 0 Å². The summed E-state index contributed by atoms with van der Waals surface area (Å²) in [5.74, 6) is 0.970. The van der Waals surface area contributed by atoms with Crippen LogP contribution in [0.25, 0.3) is 0 Å². The first-order valence-electron chi connectivity index (χ1n) is 5.02. The molecule has 1 N–H and O–H groups in total. The smallest absolute Gasteiger partial charge is 0.125 e. The van der Waals surface area contributed by atoms with Gasteiger partial charge in [-0.05, 0) is 6.07 Å². The Morgan fingerprint density at radius 2 is 2.13 bits per heavy atom. The number of halogens is 1. The van der Waals surface area contributed by atoms with Crippen LogP contribution in [-0.2, 0) is 4.74 Å². The van der Waals surface area contributed by atoms with Crippen molar-refractivity contribution in [3.63, 3.8) is 0 Å². The fourth-order valence-corrected chi connectivity index (χ4v) is 2.13. The van der Waals surface area contributed by atoms with Crippen molar-refractivity contribution < 1.29 is 9.47 Å². The predicted molar refractivity (Wildman–Crippen MR) is 59.7 cm³/mol. The first-order valence-corrected chi connectivity index (χ1v) is 5.02. The Labute approximate surface area is 95.2 Å². The largest absolute Gasteiger partial charge is 0.491 e. The molecule has 3 nitrogen and oxygen atoms in total. The van der Waals surface area contributed by atoms with Crippen molar-refractivity contribution >= 4 is 12.4 Å². The van der Waals surface area contributed by atoms with Gasteiger partial charge in [-0.3, -0.25) is 0 Å². The summed E-state index contributed by atoms with van der Waals surface area (Å²) < 4.78 is 11.4. The van der Waals surface area contributed by atoms with Gasteiger partial charge in [0, 0.05) is 12.1 Å². The van der Waals surface area contributed by atoms with E-state index in [1.165, 1.54) is 5.56 Å². The number of morpholine rings is 1. The Kier molecular flexibility index (Phi) is 3.14. The number of nitrogens with one attached hydrogen (secondary N) is 1. The molecule has 2 heterocycles. The maximum absolute atomic E-state index is 5.77. The zero-order valence-corrected chi connectivity index (χ0v) is 9.13. The van der Waals surface area contributed by atoms with Crippen LogP contribution in [0.4, 0.5) is 0 Å². The Hall–Kier alpha value is -0.770. The number of ether oxygens (including phenoxy) is 2. The summed E-state index contributed by atoms with van der Waals surface area (Å²) in [6.07, 6.45) is 0.175. The van der Waals surface area contributed by atoms with Crippen LogP contribution in [0.3, 0.4) is 0 Å². The van der Waals surface area contributed by atoms with E-state index in [2.05, 4.69) is 11.4 Å². The second-order valence-corrected chi connectivity index (χ2v) is 3.70. The third-order valence-corrected chi connectivity index (χ3v) is 2.82. The summed E-state index contributed by atoms with van der Waals surface area (Å²) >= 11 is 0. The molecule has 0 bridgehead atoms. The topological polar surface area (TPSA) is 30.5 Å². The molecule has 0 aliphatic carbocycles. The van der Waals surface area contributed by atoms with Gasteiger partial charge in [0.25, 0.3) is 0 Å². The first-order chi connectivity index (χ1) is 6.95. The van der Waals surface area contributed by atoms with Gasteiger partial charge >= 0.3 is 0 Å². The molecule has 15 heavy (non-hydrogen) atoms. The molecule has 1 aromatic carbocycles. The van der Waals surface area contributed by atoms with Crippen LogP contribution in [-0.4, -0.2) is 25.8 Å². The molecule has 0 spiro atoms. The highest BCUT2D eigenvalue weighted by atomic mass is 35.5. The third kappa shape index (κ3) is 1.83. The molecule has 82 valence electrons. The maximum Gasteiger partial charge on any atom is 0.125 e. The molecule has 2 aliphatic rings. The van der Waals surface area contributed by atoms with Crippen molar-refractivity contribution in [1.82, 2.24) is 5.32 Å². The van der Waals surface area contributed by atoms with Crippen molar-refractivity contribution in [2.24, 2.45) is 0 Å². The molecule has 1 saturated heterocycles. The minimum atomic E-state index is 0. The Morgan fingerprint density at radius 3 is 3.07 bits per heavy atom. The van der Waals surface area contributed by atoms with E-state index in [-0.39, 0.29) is 18.5 Å². The molecule has 3 rings (SSSR count). The van der Waals surface area contributed by atoms with Crippen LogP contribution < -0.4 is 10.1 Å². The van der Waals surface area contributed by atoms with Gasteiger partial charge in [0.05, 0.1) is 12.6 Å². The number of rotatable bonds is 0. The van der Waals surface area contributed by atoms with Crippen LogP contribution in [0.15, 0.2) is 24.3 Å². The number of hydrogen-bond donors (Lipinski definition) is 1. The van der Waals surface area contributed by atoms with E-state index in [0.29, 0.717) is 12.6 Å². The van der Waals surface area contributed by atoms with Crippen molar-refractivity contribution in [2.45, 2.75) is 12.1 Å². The monoisotopic (exact) mass is 227 g/mol. The number of para-hydroxylation sites is 1.